The fraction of sp³-hybridized carbons (Fsp3) is 0.278. The van der Waals surface area contributed by atoms with Crippen molar-refractivity contribution in [3.8, 4) is 11.5 Å². The molecular weight excluding hydrogens is 421 g/mol. The molecular formula is C18H18INO4. The lowest BCUT2D eigenvalue weighted by atomic mass is 9.98. The molecule has 1 aromatic heterocycles. The van der Waals surface area contributed by atoms with Gasteiger partial charge >= 0.3 is 0 Å². The van der Waals surface area contributed by atoms with Crippen LogP contribution in [-0.4, -0.2) is 31.6 Å². The summed E-state index contributed by atoms with van der Waals surface area (Å²) in [7, 11) is 3.24. The number of fused-ring (bicyclic) bond motifs is 1. The normalized spacial score (nSPS) is 13.9. The number of halogens is 1. The van der Waals surface area contributed by atoms with Crippen molar-refractivity contribution < 1.29 is 18.7 Å². The number of nitrogens with zero attached hydrogens (tertiary/aromatic N) is 1. The first-order valence-electron chi connectivity index (χ1n) is 7.57. The molecule has 0 atom stereocenters. The molecule has 0 bridgehead atoms. The number of hydrogen-bond donors (Lipinski definition) is 0. The van der Waals surface area contributed by atoms with E-state index in [2.05, 4.69) is 22.6 Å². The second-order valence-electron chi connectivity index (χ2n) is 5.46. The summed E-state index contributed by atoms with van der Waals surface area (Å²) >= 11 is 2.10. The first-order chi connectivity index (χ1) is 11.6. The lowest BCUT2D eigenvalue weighted by Crippen LogP contribution is -2.34. The van der Waals surface area contributed by atoms with Gasteiger partial charge in [0.15, 0.2) is 15.3 Å². The highest BCUT2D eigenvalue weighted by Crippen LogP contribution is 2.33. The first kappa shape index (κ1) is 16.9. The number of carbonyl (C=O) groups is 1. The van der Waals surface area contributed by atoms with Gasteiger partial charge in [0, 0.05) is 19.2 Å². The van der Waals surface area contributed by atoms with E-state index in [1.165, 1.54) is 5.56 Å². The summed E-state index contributed by atoms with van der Waals surface area (Å²) in [5, 5.41) is 0. The van der Waals surface area contributed by atoms with E-state index in [0.717, 1.165) is 21.5 Å². The zero-order valence-corrected chi connectivity index (χ0v) is 15.7. The molecule has 0 radical (unpaired) electrons. The molecule has 0 unspecified atom stereocenters. The Morgan fingerprint density at radius 2 is 1.92 bits per heavy atom. The van der Waals surface area contributed by atoms with E-state index < -0.39 is 0 Å². The Kier molecular flexibility index (Phi) is 5.13. The number of carbonyl (C=O) groups excluding carboxylic acids is 1. The molecule has 2 heterocycles. The smallest absolute Gasteiger partial charge is 0.246 e. The van der Waals surface area contributed by atoms with Gasteiger partial charge in [-0.15, -0.1) is 0 Å². The van der Waals surface area contributed by atoms with Gasteiger partial charge in [-0.1, -0.05) is 0 Å². The Balaban J connectivity index is 1.74. The zero-order chi connectivity index (χ0) is 17.1. The third kappa shape index (κ3) is 3.58. The molecule has 0 spiro atoms. The number of ether oxygens (including phenoxy) is 2. The molecule has 5 nitrogen and oxygen atoms in total. The molecule has 1 aromatic carbocycles. The van der Waals surface area contributed by atoms with Gasteiger partial charge in [0.05, 0.1) is 14.2 Å². The second kappa shape index (κ2) is 7.29. The molecule has 1 aliphatic heterocycles. The van der Waals surface area contributed by atoms with Gasteiger partial charge in [-0.3, -0.25) is 4.79 Å². The van der Waals surface area contributed by atoms with Gasteiger partial charge in [0.25, 0.3) is 0 Å². The molecule has 0 saturated heterocycles. The van der Waals surface area contributed by atoms with Crippen LogP contribution in [0.2, 0.25) is 0 Å². The summed E-state index contributed by atoms with van der Waals surface area (Å²) in [5.41, 5.74) is 2.29. The van der Waals surface area contributed by atoms with Crippen molar-refractivity contribution in [3.63, 3.8) is 0 Å². The quantitative estimate of drug-likeness (QED) is 0.541. The summed E-state index contributed by atoms with van der Waals surface area (Å²) in [6.45, 7) is 1.25. The van der Waals surface area contributed by atoms with Crippen LogP contribution in [0, 0.1) is 3.77 Å². The number of rotatable bonds is 4. The van der Waals surface area contributed by atoms with Crippen molar-refractivity contribution in [2.45, 2.75) is 13.0 Å². The number of furan rings is 1. The van der Waals surface area contributed by atoms with Crippen molar-refractivity contribution in [1.82, 2.24) is 4.90 Å². The van der Waals surface area contributed by atoms with Crippen molar-refractivity contribution in [3.05, 3.63) is 51.0 Å². The largest absolute Gasteiger partial charge is 0.493 e. The monoisotopic (exact) mass is 439 g/mol. The molecule has 2 aromatic rings. The molecule has 0 N–H and O–H groups in total. The predicted molar refractivity (Wildman–Crippen MR) is 99.1 cm³/mol. The minimum atomic E-state index is -0.0261. The average molecular weight is 439 g/mol. The maximum atomic E-state index is 12.4. The summed E-state index contributed by atoms with van der Waals surface area (Å²) in [6.07, 6.45) is 4.06. The molecule has 126 valence electrons. The van der Waals surface area contributed by atoms with E-state index in [0.29, 0.717) is 24.6 Å². The highest BCUT2D eigenvalue weighted by Gasteiger charge is 2.21. The Morgan fingerprint density at radius 1 is 1.21 bits per heavy atom. The highest BCUT2D eigenvalue weighted by molar-refractivity contribution is 14.1. The van der Waals surface area contributed by atoms with E-state index in [1.54, 1.807) is 26.4 Å². The fourth-order valence-corrected chi connectivity index (χ4v) is 3.18. The van der Waals surface area contributed by atoms with Crippen LogP contribution in [0.4, 0.5) is 0 Å². The maximum Gasteiger partial charge on any atom is 0.246 e. The highest BCUT2D eigenvalue weighted by atomic mass is 127. The van der Waals surface area contributed by atoms with E-state index in [-0.39, 0.29) is 5.91 Å². The number of benzene rings is 1. The molecule has 3 rings (SSSR count). The summed E-state index contributed by atoms with van der Waals surface area (Å²) in [5.74, 6) is 2.06. The van der Waals surface area contributed by atoms with Crippen LogP contribution >= 0.6 is 22.6 Å². The molecule has 0 aliphatic carbocycles. The lowest BCUT2D eigenvalue weighted by molar-refractivity contribution is -0.126. The molecule has 1 aliphatic rings. The third-order valence-electron chi connectivity index (χ3n) is 4.01. The average Bonchev–Trinajstić information content (AvgIpc) is 3.03. The van der Waals surface area contributed by atoms with Crippen LogP contribution in [0.15, 0.2) is 34.8 Å². The van der Waals surface area contributed by atoms with Gasteiger partial charge in [-0.05, 0) is 70.5 Å². The van der Waals surface area contributed by atoms with Crippen molar-refractivity contribution in [2.24, 2.45) is 0 Å². The van der Waals surface area contributed by atoms with Crippen LogP contribution in [0.3, 0.4) is 0 Å². The summed E-state index contributed by atoms with van der Waals surface area (Å²) in [6, 6.07) is 7.65. The molecule has 6 heteroatoms. The molecule has 24 heavy (non-hydrogen) atoms. The van der Waals surface area contributed by atoms with E-state index >= 15 is 0 Å². The van der Waals surface area contributed by atoms with Gasteiger partial charge in [-0.2, -0.15) is 0 Å². The second-order valence-corrected chi connectivity index (χ2v) is 6.52. The Labute approximate surface area is 154 Å². The van der Waals surface area contributed by atoms with E-state index in [4.69, 9.17) is 13.9 Å². The van der Waals surface area contributed by atoms with Crippen molar-refractivity contribution in [2.75, 3.05) is 20.8 Å². The number of hydrogen-bond acceptors (Lipinski definition) is 4. The Bertz CT molecular complexity index is 781. The van der Waals surface area contributed by atoms with Gasteiger partial charge in [0.1, 0.15) is 5.76 Å². The Hall–Kier alpha value is -1.96. The van der Waals surface area contributed by atoms with Crippen molar-refractivity contribution in [1.29, 1.82) is 0 Å². The van der Waals surface area contributed by atoms with Crippen LogP contribution in [0.5, 0.6) is 11.5 Å². The van der Waals surface area contributed by atoms with Crippen LogP contribution in [-0.2, 0) is 17.8 Å². The number of methoxy groups -OCH3 is 2. The van der Waals surface area contributed by atoms with Gasteiger partial charge < -0.3 is 18.8 Å². The molecule has 0 saturated carbocycles. The van der Waals surface area contributed by atoms with Crippen LogP contribution < -0.4 is 9.47 Å². The van der Waals surface area contributed by atoms with E-state index in [1.807, 2.05) is 29.2 Å². The minimum absolute atomic E-state index is 0.0261. The summed E-state index contributed by atoms with van der Waals surface area (Å²) < 4.78 is 16.9. The predicted octanol–water partition coefficient (Wildman–Crippen LogP) is 3.50. The minimum Gasteiger partial charge on any atom is -0.493 e. The number of amides is 1. The summed E-state index contributed by atoms with van der Waals surface area (Å²) in [4.78, 5) is 14.2. The lowest BCUT2D eigenvalue weighted by Gasteiger charge is -2.28. The van der Waals surface area contributed by atoms with Gasteiger partial charge in [-0.25, -0.2) is 0 Å². The van der Waals surface area contributed by atoms with E-state index in [9.17, 15) is 4.79 Å². The van der Waals surface area contributed by atoms with Crippen LogP contribution in [0.25, 0.3) is 6.08 Å². The SMILES string of the molecule is COc1cc2c(cc1OC)CN(C(=O)/C=C/c1ccc(I)o1)CC2. The standard InChI is InChI=1S/C18H18INO4/c1-22-15-9-12-7-8-20(11-13(12)10-16(15)23-2)18(21)6-4-14-3-5-17(19)24-14/h3-6,9-10H,7-8,11H2,1-2H3/b6-4+. The zero-order valence-electron chi connectivity index (χ0n) is 13.5. The van der Waals surface area contributed by atoms with Gasteiger partial charge in [0.2, 0.25) is 5.91 Å². The van der Waals surface area contributed by atoms with Crippen molar-refractivity contribution >= 4 is 34.6 Å². The fourth-order valence-electron chi connectivity index (χ4n) is 2.75. The topological polar surface area (TPSA) is 51.9 Å². The first-order valence-corrected chi connectivity index (χ1v) is 8.64. The molecule has 1 amide bonds. The third-order valence-corrected chi connectivity index (χ3v) is 4.59. The maximum absolute atomic E-state index is 12.4. The molecule has 0 fully saturated rings. The Morgan fingerprint density at radius 3 is 2.54 bits per heavy atom. The van der Waals surface area contributed by atoms with Crippen LogP contribution in [0.1, 0.15) is 16.9 Å².